The summed E-state index contributed by atoms with van der Waals surface area (Å²) in [7, 11) is 5.16. The van der Waals surface area contributed by atoms with Crippen molar-refractivity contribution < 1.29 is 9.47 Å². The zero-order valence-corrected chi connectivity index (χ0v) is 20.4. The van der Waals surface area contributed by atoms with Gasteiger partial charge in [-0.1, -0.05) is 0 Å². The van der Waals surface area contributed by atoms with Crippen molar-refractivity contribution >= 4 is 28.1 Å². The van der Waals surface area contributed by atoms with Crippen molar-refractivity contribution in [2.24, 2.45) is 7.05 Å². The van der Waals surface area contributed by atoms with Crippen LogP contribution in [-0.2, 0) is 13.5 Å². The maximum Gasteiger partial charge on any atom is 0.124 e. The highest BCUT2D eigenvalue weighted by Gasteiger charge is 2.16. The van der Waals surface area contributed by atoms with E-state index in [1.807, 2.05) is 61.8 Å². The maximum absolute atomic E-state index is 6.18. The predicted octanol–water partition coefficient (Wildman–Crippen LogP) is 4.41. The van der Waals surface area contributed by atoms with E-state index < -0.39 is 0 Å². The molecule has 9 heteroatoms. The van der Waals surface area contributed by atoms with Gasteiger partial charge < -0.3 is 20.1 Å². The second-order valence-electron chi connectivity index (χ2n) is 8.34. The highest BCUT2D eigenvalue weighted by Crippen LogP contribution is 2.34. The zero-order valence-electron chi connectivity index (χ0n) is 20.4. The first kappa shape index (κ1) is 23.1. The van der Waals surface area contributed by atoms with Gasteiger partial charge in [0.1, 0.15) is 11.5 Å². The van der Waals surface area contributed by atoms with Gasteiger partial charge in [-0.3, -0.25) is 14.6 Å². The van der Waals surface area contributed by atoms with Crippen molar-refractivity contribution in [3.8, 4) is 22.8 Å². The standard InChI is InChI=1S/C27H27N7O2/c1-33-17-18(15-31-33)27-16-30-25-7-6-19(13-26(25)32-27)34(10-8-24-23(28)5-4-9-29-24)20-11-21(35-2)14-22(12-20)36-3/h4-7,9,11-17H,8,10,28H2,1-3H3. The van der Waals surface area contributed by atoms with E-state index in [0.29, 0.717) is 30.2 Å². The Morgan fingerprint density at radius 2 is 1.72 bits per heavy atom. The van der Waals surface area contributed by atoms with Gasteiger partial charge in [0.25, 0.3) is 0 Å². The van der Waals surface area contributed by atoms with Crippen LogP contribution in [0, 0.1) is 0 Å². The fraction of sp³-hybridized carbons (Fsp3) is 0.185. The van der Waals surface area contributed by atoms with Gasteiger partial charge in [-0.25, -0.2) is 4.98 Å². The number of nitrogens with two attached hydrogens (primary N) is 1. The Morgan fingerprint density at radius 1 is 0.917 bits per heavy atom. The van der Waals surface area contributed by atoms with E-state index >= 15 is 0 Å². The van der Waals surface area contributed by atoms with Crippen molar-refractivity contribution in [3.63, 3.8) is 0 Å². The number of nitrogens with zero attached hydrogens (tertiary/aromatic N) is 6. The molecule has 0 aliphatic heterocycles. The normalized spacial score (nSPS) is 11.0. The second kappa shape index (κ2) is 9.91. The zero-order chi connectivity index (χ0) is 25.1. The fourth-order valence-electron chi connectivity index (χ4n) is 4.09. The molecule has 2 N–H and O–H groups in total. The van der Waals surface area contributed by atoms with E-state index in [0.717, 1.165) is 39.4 Å². The van der Waals surface area contributed by atoms with Gasteiger partial charge >= 0.3 is 0 Å². The van der Waals surface area contributed by atoms with Gasteiger partial charge in [-0.05, 0) is 30.3 Å². The Morgan fingerprint density at radius 3 is 2.42 bits per heavy atom. The number of pyridine rings is 1. The van der Waals surface area contributed by atoms with E-state index in [4.69, 9.17) is 20.2 Å². The second-order valence-corrected chi connectivity index (χ2v) is 8.34. The Labute approximate surface area is 209 Å². The van der Waals surface area contributed by atoms with Crippen LogP contribution in [0.5, 0.6) is 11.5 Å². The maximum atomic E-state index is 6.18. The minimum atomic E-state index is 0.624. The van der Waals surface area contributed by atoms with Gasteiger partial charge in [0, 0.05) is 67.5 Å². The van der Waals surface area contributed by atoms with Crippen LogP contribution >= 0.6 is 0 Å². The van der Waals surface area contributed by atoms with Gasteiger partial charge in [0.05, 0.1) is 54.7 Å². The van der Waals surface area contributed by atoms with Crippen molar-refractivity contribution in [2.45, 2.75) is 6.42 Å². The third-order valence-corrected chi connectivity index (χ3v) is 5.98. The average molecular weight is 482 g/mol. The molecule has 0 atom stereocenters. The topological polar surface area (TPSA) is 104 Å². The van der Waals surface area contributed by atoms with Crippen molar-refractivity contribution in [1.29, 1.82) is 0 Å². The SMILES string of the molecule is COc1cc(OC)cc(N(CCc2ncccc2N)c2ccc3ncc(-c4cnn(C)c4)nc3c2)c1. The molecule has 9 nitrogen and oxygen atoms in total. The third-order valence-electron chi connectivity index (χ3n) is 5.98. The highest BCUT2D eigenvalue weighted by molar-refractivity contribution is 5.82. The smallest absolute Gasteiger partial charge is 0.124 e. The van der Waals surface area contributed by atoms with Crippen molar-refractivity contribution in [1.82, 2.24) is 24.7 Å². The minimum Gasteiger partial charge on any atom is -0.497 e. The Kier molecular flexibility index (Phi) is 6.36. The number of fused-ring (bicyclic) bond motifs is 1. The Balaban J connectivity index is 1.58. The summed E-state index contributed by atoms with van der Waals surface area (Å²) in [6.45, 7) is 0.624. The van der Waals surface area contributed by atoms with Gasteiger partial charge in [-0.15, -0.1) is 0 Å². The number of aromatic nitrogens is 5. The Hall–Kier alpha value is -4.66. The van der Waals surface area contributed by atoms with E-state index in [1.165, 1.54) is 0 Å². The first-order chi connectivity index (χ1) is 17.5. The lowest BCUT2D eigenvalue weighted by Crippen LogP contribution is -2.21. The molecule has 0 saturated carbocycles. The molecule has 0 fully saturated rings. The fourth-order valence-corrected chi connectivity index (χ4v) is 4.09. The predicted molar refractivity (Wildman–Crippen MR) is 141 cm³/mol. The van der Waals surface area contributed by atoms with Crippen LogP contribution in [0.15, 0.2) is 73.3 Å². The van der Waals surface area contributed by atoms with E-state index in [2.05, 4.69) is 20.0 Å². The lowest BCUT2D eigenvalue weighted by atomic mass is 10.1. The summed E-state index contributed by atoms with van der Waals surface area (Å²) in [6, 6.07) is 15.6. The van der Waals surface area contributed by atoms with Gasteiger partial charge in [0.2, 0.25) is 0 Å². The summed E-state index contributed by atoms with van der Waals surface area (Å²) in [4.78, 5) is 16.1. The number of nitrogen functional groups attached to an aromatic ring is 1. The highest BCUT2D eigenvalue weighted by atomic mass is 16.5. The van der Waals surface area contributed by atoms with E-state index in [9.17, 15) is 0 Å². The van der Waals surface area contributed by atoms with Crippen LogP contribution in [0.4, 0.5) is 17.1 Å². The summed E-state index contributed by atoms with van der Waals surface area (Å²) in [5.41, 5.74) is 12.8. The number of ether oxygens (including phenoxy) is 2. The molecular weight excluding hydrogens is 454 g/mol. The minimum absolute atomic E-state index is 0.624. The van der Waals surface area contributed by atoms with Crippen LogP contribution in [0.3, 0.4) is 0 Å². The number of hydrogen-bond acceptors (Lipinski definition) is 8. The first-order valence-corrected chi connectivity index (χ1v) is 11.5. The molecule has 182 valence electrons. The summed E-state index contributed by atoms with van der Waals surface area (Å²) < 4.78 is 12.8. The molecule has 36 heavy (non-hydrogen) atoms. The molecule has 5 aromatic rings. The van der Waals surface area contributed by atoms with Crippen LogP contribution in [0.2, 0.25) is 0 Å². The molecule has 2 aromatic carbocycles. The lowest BCUT2D eigenvalue weighted by Gasteiger charge is -2.26. The largest absolute Gasteiger partial charge is 0.497 e. The number of hydrogen-bond donors (Lipinski definition) is 1. The molecule has 5 rings (SSSR count). The molecule has 3 aromatic heterocycles. The molecule has 0 unspecified atom stereocenters. The molecule has 3 heterocycles. The molecule has 0 radical (unpaired) electrons. The molecule has 0 aliphatic carbocycles. The quantitative estimate of drug-likeness (QED) is 0.348. The molecule has 0 amide bonds. The Bertz CT molecular complexity index is 1490. The van der Waals surface area contributed by atoms with Crippen molar-refractivity contribution in [2.75, 3.05) is 31.4 Å². The van der Waals surface area contributed by atoms with Crippen LogP contribution < -0.4 is 20.1 Å². The number of rotatable bonds is 8. The monoisotopic (exact) mass is 481 g/mol. The van der Waals surface area contributed by atoms with E-state index in [1.54, 1.807) is 37.5 Å². The summed E-state index contributed by atoms with van der Waals surface area (Å²) in [6.07, 6.45) is 7.88. The number of benzene rings is 2. The number of methoxy groups -OCH3 is 2. The van der Waals surface area contributed by atoms with Gasteiger partial charge in [0.15, 0.2) is 0 Å². The van der Waals surface area contributed by atoms with Crippen LogP contribution in [0.1, 0.15) is 5.69 Å². The summed E-state index contributed by atoms with van der Waals surface area (Å²) in [5.74, 6) is 1.40. The lowest BCUT2D eigenvalue weighted by molar-refractivity contribution is 0.394. The summed E-state index contributed by atoms with van der Waals surface area (Å²) in [5, 5.41) is 4.25. The molecular formula is C27H27N7O2. The molecule has 0 bridgehead atoms. The molecule has 0 spiro atoms. The summed E-state index contributed by atoms with van der Waals surface area (Å²) >= 11 is 0. The van der Waals surface area contributed by atoms with Crippen LogP contribution in [0.25, 0.3) is 22.3 Å². The average Bonchev–Trinajstić information content (AvgIpc) is 3.35. The number of aryl methyl sites for hydroxylation is 1. The molecule has 0 saturated heterocycles. The van der Waals surface area contributed by atoms with Crippen molar-refractivity contribution in [3.05, 3.63) is 79.0 Å². The van der Waals surface area contributed by atoms with Crippen LogP contribution in [-0.4, -0.2) is 45.5 Å². The molecule has 0 aliphatic rings. The first-order valence-electron chi connectivity index (χ1n) is 11.5. The van der Waals surface area contributed by atoms with E-state index in [-0.39, 0.29) is 0 Å². The number of anilines is 3. The van der Waals surface area contributed by atoms with Gasteiger partial charge in [-0.2, -0.15) is 5.10 Å². The third kappa shape index (κ3) is 4.76.